The van der Waals surface area contributed by atoms with Gasteiger partial charge in [-0.15, -0.1) is 24.0 Å². The molecule has 2 aliphatic heterocycles. The fourth-order valence-electron chi connectivity index (χ4n) is 4.34. The predicted molar refractivity (Wildman–Crippen MR) is 119 cm³/mol. The van der Waals surface area contributed by atoms with Crippen molar-refractivity contribution >= 4 is 35.6 Å². The summed E-state index contributed by atoms with van der Waals surface area (Å²) in [7, 11) is 0. The van der Waals surface area contributed by atoms with Crippen LogP contribution in [0.3, 0.4) is 0 Å². The second kappa shape index (κ2) is 9.49. The number of guanidine groups is 1. The molecular weight excluding hydrogens is 473 g/mol. The van der Waals surface area contributed by atoms with Gasteiger partial charge in [-0.1, -0.05) is 0 Å². The monoisotopic (exact) mass is 503 g/mol. The third kappa shape index (κ3) is 4.33. The number of hydrogen-bond donors (Lipinski definition) is 2. The van der Waals surface area contributed by atoms with Crippen LogP contribution in [-0.2, 0) is 9.47 Å². The number of rotatable bonds is 4. The van der Waals surface area contributed by atoms with Gasteiger partial charge in [0.1, 0.15) is 0 Å². The molecule has 28 heavy (non-hydrogen) atoms. The van der Waals surface area contributed by atoms with E-state index in [1.807, 2.05) is 25.1 Å². The van der Waals surface area contributed by atoms with Gasteiger partial charge in [-0.3, -0.25) is 0 Å². The summed E-state index contributed by atoms with van der Waals surface area (Å²) < 4.78 is 22.9. The van der Waals surface area contributed by atoms with Crippen molar-refractivity contribution in [3.63, 3.8) is 0 Å². The summed E-state index contributed by atoms with van der Waals surface area (Å²) in [5.74, 6) is 1.94. The first-order chi connectivity index (χ1) is 13.2. The van der Waals surface area contributed by atoms with Crippen molar-refractivity contribution in [2.24, 2.45) is 16.1 Å². The number of hydrogen-bond acceptors (Lipinski definition) is 5. The van der Waals surface area contributed by atoms with Gasteiger partial charge in [0, 0.05) is 43.4 Å². The Balaban J connectivity index is 0.00000225. The molecule has 156 valence electrons. The Labute approximate surface area is 183 Å². The molecule has 3 aliphatic rings. The van der Waals surface area contributed by atoms with Gasteiger partial charge in [-0.05, 0) is 38.3 Å². The highest BCUT2D eigenvalue weighted by molar-refractivity contribution is 14.0. The first-order valence-electron chi connectivity index (χ1n) is 9.90. The zero-order valence-electron chi connectivity index (χ0n) is 16.3. The largest absolute Gasteiger partial charge is 0.490 e. The maximum Gasteiger partial charge on any atom is 0.193 e. The summed E-state index contributed by atoms with van der Waals surface area (Å²) in [4.78, 5) is 4.79. The van der Waals surface area contributed by atoms with Crippen LogP contribution in [0.15, 0.2) is 23.2 Å². The second-order valence-corrected chi connectivity index (χ2v) is 7.39. The minimum atomic E-state index is 0. The number of halogens is 1. The van der Waals surface area contributed by atoms with Crippen molar-refractivity contribution in [2.45, 2.75) is 44.8 Å². The molecule has 2 atom stereocenters. The molecule has 1 aromatic rings. The minimum absolute atomic E-state index is 0. The molecule has 7 nitrogen and oxygen atoms in total. The van der Waals surface area contributed by atoms with Crippen LogP contribution in [0.5, 0.6) is 11.5 Å². The number of nitrogens with one attached hydrogen (secondary N) is 1. The van der Waals surface area contributed by atoms with Crippen LogP contribution >= 0.6 is 24.0 Å². The van der Waals surface area contributed by atoms with Crippen molar-refractivity contribution in [1.82, 2.24) is 0 Å². The highest BCUT2D eigenvalue weighted by atomic mass is 127. The fourth-order valence-corrected chi connectivity index (χ4v) is 4.34. The molecule has 1 spiro atoms. The van der Waals surface area contributed by atoms with Gasteiger partial charge in [-0.25, -0.2) is 4.99 Å². The average molecular weight is 503 g/mol. The molecule has 2 fully saturated rings. The Morgan fingerprint density at radius 1 is 1.21 bits per heavy atom. The average Bonchev–Trinajstić information content (AvgIpc) is 2.93. The molecule has 4 rings (SSSR count). The van der Waals surface area contributed by atoms with Crippen molar-refractivity contribution in [3.05, 3.63) is 18.2 Å². The zero-order chi connectivity index (χ0) is 18.7. The van der Waals surface area contributed by atoms with E-state index in [0.717, 1.165) is 62.7 Å². The summed E-state index contributed by atoms with van der Waals surface area (Å²) in [6.07, 6.45) is 4.00. The molecule has 1 saturated heterocycles. The van der Waals surface area contributed by atoms with Crippen LogP contribution in [-0.4, -0.2) is 51.1 Å². The van der Waals surface area contributed by atoms with Gasteiger partial charge in [-0.2, -0.15) is 0 Å². The lowest BCUT2D eigenvalue weighted by molar-refractivity contribution is -0.163. The van der Waals surface area contributed by atoms with Gasteiger partial charge < -0.3 is 30.0 Å². The van der Waals surface area contributed by atoms with Gasteiger partial charge in [0.2, 0.25) is 0 Å². The van der Waals surface area contributed by atoms with Crippen molar-refractivity contribution in [2.75, 3.05) is 38.4 Å². The van der Waals surface area contributed by atoms with Crippen LogP contribution < -0.4 is 20.5 Å². The molecule has 0 radical (unpaired) electrons. The molecule has 3 N–H and O–H groups in total. The number of benzene rings is 1. The Hall–Kier alpha value is -1.26. The molecular formula is C20H30IN3O4. The van der Waals surface area contributed by atoms with E-state index in [0.29, 0.717) is 19.2 Å². The van der Waals surface area contributed by atoms with Crippen molar-refractivity contribution in [1.29, 1.82) is 0 Å². The number of anilines is 1. The van der Waals surface area contributed by atoms with Gasteiger partial charge in [0.15, 0.2) is 17.5 Å². The smallest absolute Gasteiger partial charge is 0.193 e. The maximum absolute atomic E-state index is 6.23. The summed E-state index contributed by atoms with van der Waals surface area (Å²) in [5.41, 5.74) is 7.14. The lowest BCUT2D eigenvalue weighted by Crippen LogP contribution is -2.60. The standard InChI is InChI=1S/C20H29N3O4.HI/c1-2-25-18-13-17(20(18)6-10-24-11-7-20)23-19(21)22-14-4-5-15-16(12-14)27-9-3-8-26-15;/h4-5,12,17-18H,2-3,6-11,13H2,1H3,(H3,21,22,23);1H. The van der Waals surface area contributed by atoms with E-state index >= 15 is 0 Å². The Morgan fingerprint density at radius 3 is 2.71 bits per heavy atom. The van der Waals surface area contributed by atoms with Crippen LogP contribution in [0.2, 0.25) is 0 Å². The zero-order valence-corrected chi connectivity index (χ0v) is 18.6. The van der Waals surface area contributed by atoms with Crippen molar-refractivity contribution in [3.8, 4) is 11.5 Å². The maximum atomic E-state index is 6.23. The van der Waals surface area contributed by atoms with E-state index in [1.54, 1.807) is 0 Å². The van der Waals surface area contributed by atoms with Gasteiger partial charge in [0.05, 0.1) is 25.4 Å². The summed E-state index contributed by atoms with van der Waals surface area (Å²) in [5, 5.41) is 3.20. The molecule has 1 saturated carbocycles. The van der Waals surface area contributed by atoms with E-state index in [-0.39, 0.29) is 41.5 Å². The number of nitrogens with two attached hydrogens (primary N) is 1. The van der Waals surface area contributed by atoms with E-state index in [4.69, 9.17) is 29.7 Å². The van der Waals surface area contributed by atoms with Crippen LogP contribution in [0, 0.1) is 5.41 Å². The second-order valence-electron chi connectivity index (χ2n) is 7.39. The molecule has 0 aromatic heterocycles. The highest BCUT2D eigenvalue weighted by Crippen LogP contribution is 2.52. The van der Waals surface area contributed by atoms with E-state index in [9.17, 15) is 0 Å². The lowest BCUT2D eigenvalue weighted by atomic mass is 9.58. The molecule has 0 amide bonds. The number of aliphatic imine (C=N–C) groups is 1. The Bertz CT molecular complexity index is 694. The topological polar surface area (TPSA) is 87.3 Å². The Morgan fingerprint density at radius 2 is 1.96 bits per heavy atom. The Kier molecular flexibility index (Phi) is 7.27. The van der Waals surface area contributed by atoms with Gasteiger partial charge in [0.25, 0.3) is 0 Å². The summed E-state index contributed by atoms with van der Waals surface area (Å²) >= 11 is 0. The predicted octanol–water partition coefficient (Wildman–Crippen LogP) is 3.17. The van der Waals surface area contributed by atoms with Crippen LogP contribution in [0.25, 0.3) is 0 Å². The fraction of sp³-hybridized carbons (Fsp3) is 0.650. The quantitative estimate of drug-likeness (QED) is 0.373. The number of ether oxygens (including phenoxy) is 4. The molecule has 2 unspecified atom stereocenters. The number of fused-ring (bicyclic) bond motifs is 1. The third-order valence-electron chi connectivity index (χ3n) is 5.85. The molecule has 0 bridgehead atoms. The molecule has 1 aliphatic carbocycles. The normalized spacial score (nSPS) is 26.0. The van der Waals surface area contributed by atoms with Crippen molar-refractivity contribution < 1.29 is 18.9 Å². The lowest BCUT2D eigenvalue weighted by Gasteiger charge is -2.55. The first-order valence-corrected chi connectivity index (χ1v) is 9.90. The molecule has 8 heteroatoms. The minimum Gasteiger partial charge on any atom is -0.490 e. The van der Waals surface area contributed by atoms with E-state index in [2.05, 4.69) is 5.32 Å². The van der Waals surface area contributed by atoms with Gasteiger partial charge >= 0.3 is 0 Å². The summed E-state index contributed by atoms with van der Waals surface area (Å²) in [6.45, 7) is 5.65. The van der Waals surface area contributed by atoms with Crippen LogP contribution in [0.4, 0.5) is 5.69 Å². The van der Waals surface area contributed by atoms with E-state index in [1.165, 1.54) is 0 Å². The summed E-state index contributed by atoms with van der Waals surface area (Å²) in [6, 6.07) is 5.93. The van der Waals surface area contributed by atoms with E-state index < -0.39 is 0 Å². The van der Waals surface area contributed by atoms with Crippen LogP contribution in [0.1, 0.15) is 32.6 Å². The molecule has 2 heterocycles. The highest BCUT2D eigenvalue weighted by Gasteiger charge is 2.56. The molecule has 1 aromatic carbocycles. The third-order valence-corrected chi connectivity index (χ3v) is 5.85. The SMILES string of the molecule is CCOC1CC(N=C(N)Nc2ccc3c(c2)OCCCO3)C12CCOCC2.I. The first kappa shape index (κ1) is 21.4. The number of nitrogens with zero attached hydrogens (tertiary/aromatic N) is 1.